The van der Waals surface area contributed by atoms with Crippen LogP contribution in [-0.4, -0.2) is 37.9 Å². The Morgan fingerprint density at radius 3 is 2.64 bits per heavy atom. The summed E-state index contributed by atoms with van der Waals surface area (Å²) >= 11 is 0. The molecule has 0 unspecified atom stereocenters. The van der Waals surface area contributed by atoms with E-state index in [1.54, 1.807) is 24.3 Å². The van der Waals surface area contributed by atoms with Gasteiger partial charge in [0.05, 0.1) is 35.3 Å². The summed E-state index contributed by atoms with van der Waals surface area (Å²) in [6.07, 6.45) is 1.49. The quantitative estimate of drug-likeness (QED) is 0.382. The van der Waals surface area contributed by atoms with E-state index in [0.717, 1.165) is 5.52 Å². The first kappa shape index (κ1) is 22.1. The van der Waals surface area contributed by atoms with E-state index < -0.39 is 15.9 Å². The zero-order chi connectivity index (χ0) is 23.4. The number of H-pyrrole nitrogens is 1. The van der Waals surface area contributed by atoms with E-state index in [1.807, 2.05) is 24.3 Å². The second kappa shape index (κ2) is 9.17. The average Bonchev–Trinajstić information content (AvgIpc) is 3.24. The maximum atomic E-state index is 13.5. The fourth-order valence-corrected chi connectivity index (χ4v) is 4.89. The Bertz CT molecular complexity index is 1400. The molecular weight excluding hydrogens is 440 g/mol. The molecule has 0 aliphatic rings. The third-order valence-corrected chi connectivity index (χ3v) is 6.73. The highest BCUT2D eigenvalue weighted by atomic mass is 32.2. The molecule has 8 nitrogen and oxygen atoms in total. The summed E-state index contributed by atoms with van der Waals surface area (Å²) in [5.41, 5.74) is 2.04. The number of methoxy groups -OCH3 is 1. The van der Waals surface area contributed by atoms with Crippen LogP contribution in [0.5, 0.6) is 5.75 Å². The normalized spacial score (nSPS) is 11.2. The molecule has 1 heterocycles. The largest absolute Gasteiger partial charge is 0.495 e. The molecule has 0 saturated heterocycles. The zero-order valence-electron chi connectivity index (χ0n) is 17.9. The highest BCUT2D eigenvalue weighted by Crippen LogP contribution is 2.32. The number of para-hydroxylation sites is 4. The number of hydrogen-bond acceptors (Lipinski definition) is 5. The van der Waals surface area contributed by atoms with Gasteiger partial charge in [-0.3, -0.25) is 14.4 Å². The van der Waals surface area contributed by atoms with Crippen LogP contribution in [0.15, 0.2) is 90.3 Å². The van der Waals surface area contributed by atoms with E-state index >= 15 is 0 Å². The summed E-state index contributed by atoms with van der Waals surface area (Å²) in [6, 6.07) is 20.0. The van der Waals surface area contributed by atoms with Crippen molar-refractivity contribution in [3.8, 4) is 5.75 Å². The molecule has 168 valence electrons. The van der Waals surface area contributed by atoms with E-state index in [1.165, 1.54) is 41.8 Å². The summed E-state index contributed by atoms with van der Waals surface area (Å²) in [7, 11) is -2.55. The number of rotatable bonds is 8. The van der Waals surface area contributed by atoms with Crippen molar-refractivity contribution in [3.63, 3.8) is 0 Å². The first-order valence-electron chi connectivity index (χ1n) is 10.1. The van der Waals surface area contributed by atoms with E-state index in [-0.39, 0.29) is 23.0 Å². The number of amides is 1. The van der Waals surface area contributed by atoms with Crippen molar-refractivity contribution in [2.75, 3.05) is 23.3 Å². The van der Waals surface area contributed by atoms with Gasteiger partial charge in [0.1, 0.15) is 5.75 Å². The van der Waals surface area contributed by atoms with Gasteiger partial charge in [-0.25, -0.2) is 13.4 Å². The van der Waals surface area contributed by atoms with Gasteiger partial charge in [0.25, 0.3) is 15.9 Å². The van der Waals surface area contributed by atoms with Crippen molar-refractivity contribution in [3.05, 3.63) is 91.0 Å². The lowest BCUT2D eigenvalue weighted by Gasteiger charge is -2.25. The molecule has 3 aromatic carbocycles. The van der Waals surface area contributed by atoms with Crippen molar-refractivity contribution >= 4 is 38.6 Å². The van der Waals surface area contributed by atoms with Gasteiger partial charge in [-0.05, 0) is 42.5 Å². The van der Waals surface area contributed by atoms with Crippen LogP contribution in [0.2, 0.25) is 0 Å². The van der Waals surface area contributed by atoms with Gasteiger partial charge in [0.2, 0.25) is 5.95 Å². The van der Waals surface area contributed by atoms with Crippen molar-refractivity contribution in [1.29, 1.82) is 0 Å². The van der Waals surface area contributed by atoms with Crippen LogP contribution in [0, 0.1) is 0 Å². The number of benzene rings is 3. The van der Waals surface area contributed by atoms with Crippen LogP contribution in [0.25, 0.3) is 11.0 Å². The third kappa shape index (κ3) is 4.44. The van der Waals surface area contributed by atoms with Crippen LogP contribution >= 0.6 is 0 Å². The second-order valence-electron chi connectivity index (χ2n) is 7.08. The van der Waals surface area contributed by atoms with Crippen LogP contribution < -0.4 is 14.4 Å². The summed E-state index contributed by atoms with van der Waals surface area (Å²) in [5.74, 6) is 0.192. The second-order valence-corrected chi connectivity index (χ2v) is 8.94. The zero-order valence-corrected chi connectivity index (χ0v) is 18.7. The highest BCUT2D eigenvalue weighted by molar-refractivity contribution is 7.92. The van der Waals surface area contributed by atoms with E-state index in [4.69, 9.17) is 4.74 Å². The van der Waals surface area contributed by atoms with Crippen LogP contribution in [0.4, 0.5) is 11.6 Å². The summed E-state index contributed by atoms with van der Waals surface area (Å²) in [5, 5.41) is 2.68. The molecule has 1 amide bonds. The fraction of sp³-hybridized carbons (Fsp3) is 0.0833. The van der Waals surface area contributed by atoms with E-state index in [2.05, 4.69) is 21.9 Å². The number of carbonyl (C=O) groups excluding carboxylic acids is 1. The Hall–Kier alpha value is -4.11. The van der Waals surface area contributed by atoms with Crippen molar-refractivity contribution in [1.82, 2.24) is 9.97 Å². The Morgan fingerprint density at radius 2 is 1.88 bits per heavy atom. The Balaban J connectivity index is 1.66. The monoisotopic (exact) mass is 462 g/mol. The molecular formula is C24H22N4O4S. The first-order chi connectivity index (χ1) is 15.9. The molecule has 4 aromatic rings. The number of anilines is 2. The Morgan fingerprint density at radius 1 is 1.12 bits per heavy atom. The molecule has 0 aliphatic carbocycles. The molecule has 0 saturated carbocycles. The molecule has 33 heavy (non-hydrogen) atoms. The van der Waals surface area contributed by atoms with E-state index in [0.29, 0.717) is 17.0 Å². The van der Waals surface area contributed by atoms with Gasteiger partial charge < -0.3 is 9.72 Å². The summed E-state index contributed by atoms with van der Waals surface area (Å²) < 4.78 is 33.6. The number of fused-ring (bicyclic) bond motifs is 1. The number of aromatic amines is 1. The summed E-state index contributed by atoms with van der Waals surface area (Å²) in [4.78, 5) is 20.1. The molecule has 0 spiro atoms. The topological polar surface area (TPSA) is 104 Å². The van der Waals surface area contributed by atoms with E-state index in [9.17, 15) is 13.2 Å². The lowest BCUT2D eigenvalue weighted by Crippen LogP contribution is -2.31. The third-order valence-electron chi connectivity index (χ3n) is 4.95. The van der Waals surface area contributed by atoms with Crippen LogP contribution in [0.3, 0.4) is 0 Å². The smallest absolute Gasteiger partial charge is 0.264 e. The Labute approximate surface area is 191 Å². The first-order valence-corrected chi connectivity index (χ1v) is 11.5. The van der Waals surface area contributed by atoms with Gasteiger partial charge in [-0.1, -0.05) is 36.4 Å². The SMILES string of the molecule is C=CCN(c1ccccc1OC)S(=O)(=O)c1cccc(C(=O)Nc2nc3ccccc3[nH]2)c1. The van der Waals surface area contributed by atoms with Gasteiger partial charge in [-0.2, -0.15) is 0 Å². The molecule has 0 fully saturated rings. The fourth-order valence-electron chi connectivity index (χ4n) is 3.40. The molecule has 4 rings (SSSR count). The molecule has 0 radical (unpaired) electrons. The number of aromatic nitrogens is 2. The molecule has 0 atom stereocenters. The molecule has 1 aromatic heterocycles. The predicted octanol–water partition coefficient (Wildman–Crippen LogP) is 4.21. The minimum absolute atomic E-state index is 0.0259. The Kier molecular flexibility index (Phi) is 6.14. The number of hydrogen-bond donors (Lipinski definition) is 2. The van der Waals surface area contributed by atoms with Gasteiger partial charge in [0, 0.05) is 5.56 Å². The minimum Gasteiger partial charge on any atom is -0.495 e. The number of nitrogens with zero attached hydrogens (tertiary/aromatic N) is 2. The molecule has 0 bridgehead atoms. The van der Waals surface area contributed by atoms with Gasteiger partial charge in [-0.15, -0.1) is 6.58 Å². The average molecular weight is 463 g/mol. The maximum Gasteiger partial charge on any atom is 0.264 e. The van der Waals surface area contributed by atoms with Crippen molar-refractivity contribution < 1.29 is 17.9 Å². The minimum atomic E-state index is -4.02. The number of ether oxygens (including phenoxy) is 1. The predicted molar refractivity (Wildman–Crippen MR) is 128 cm³/mol. The van der Waals surface area contributed by atoms with Crippen LogP contribution in [-0.2, 0) is 10.0 Å². The van der Waals surface area contributed by atoms with Crippen LogP contribution in [0.1, 0.15) is 10.4 Å². The number of sulfonamides is 1. The lowest BCUT2D eigenvalue weighted by atomic mass is 10.2. The number of imidazole rings is 1. The standard InChI is InChI=1S/C24H22N4O4S/c1-3-15-28(21-13-6-7-14-22(21)32-2)33(30,31)18-10-8-9-17(16-18)23(29)27-24-25-19-11-4-5-12-20(19)26-24/h3-14,16H,1,15H2,2H3,(H2,25,26,27,29). The maximum absolute atomic E-state index is 13.5. The molecule has 0 aliphatic heterocycles. The number of nitrogens with one attached hydrogen (secondary N) is 2. The van der Waals surface area contributed by atoms with Crippen molar-refractivity contribution in [2.45, 2.75) is 4.90 Å². The van der Waals surface area contributed by atoms with Gasteiger partial charge in [0.15, 0.2) is 0 Å². The molecule has 9 heteroatoms. The number of carbonyl (C=O) groups is 1. The summed E-state index contributed by atoms with van der Waals surface area (Å²) in [6.45, 7) is 3.70. The van der Waals surface area contributed by atoms with Gasteiger partial charge >= 0.3 is 0 Å². The lowest BCUT2D eigenvalue weighted by molar-refractivity contribution is 0.102. The van der Waals surface area contributed by atoms with Crippen molar-refractivity contribution in [2.24, 2.45) is 0 Å². The molecule has 2 N–H and O–H groups in total. The highest BCUT2D eigenvalue weighted by Gasteiger charge is 2.27.